The molecule has 1 unspecified atom stereocenters. The van der Waals surface area contributed by atoms with Gasteiger partial charge in [0.2, 0.25) is 0 Å². The number of aliphatic hydroxyl groups excluding tert-OH is 1. The molecule has 1 aliphatic heterocycles. The van der Waals surface area contributed by atoms with Gasteiger partial charge in [-0.25, -0.2) is 0 Å². The highest BCUT2D eigenvalue weighted by Gasteiger charge is 2.24. The van der Waals surface area contributed by atoms with Crippen molar-refractivity contribution in [3.8, 4) is 0 Å². The van der Waals surface area contributed by atoms with E-state index in [-0.39, 0.29) is 12.6 Å². The standard InChI is InChI=1S/C13H20N2OS/c1-17-5-4-13(9-16)15-7-10-2-3-12(14)6-11(10)8-15/h2-3,6,13,16H,4-5,7-9,14H2,1H3. The molecule has 2 rings (SSSR count). The summed E-state index contributed by atoms with van der Waals surface area (Å²) in [6.07, 6.45) is 3.15. The highest BCUT2D eigenvalue weighted by molar-refractivity contribution is 7.98. The first-order chi connectivity index (χ1) is 8.24. The van der Waals surface area contributed by atoms with Crippen LogP contribution >= 0.6 is 11.8 Å². The van der Waals surface area contributed by atoms with Crippen LogP contribution in [0.15, 0.2) is 18.2 Å². The Labute approximate surface area is 107 Å². The molecule has 1 aromatic carbocycles. The molecule has 1 heterocycles. The zero-order chi connectivity index (χ0) is 12.3. The van der Waals surface area contributed by atoms with Gasteiger partial charge in [-0.15, -0.1) is 0 Å². The predicted octanol–water partition coefficient (Wildman–Crippen LogP) is 1.70. The van der Waals surface area contributed by atoms with E-state index in [1.54, 1.807) is 0 Å². The number of nitrogens with two attached hydrogens (primary N) is 1. The van der Waals surface area contributed by atoms with Crippen molar-refractivity contribution < 1.29 is 5.11 Å². The van der Waals surface area contributed by atoms with Gasteiger partial charge in [-0.1, -0.05) is 6.07 Å². The molecule has 3 N–H and O–H groups in total. The molecular formula is C13H20N2OS. The van der Waals surface area contributed by atoms with E-state index in [1.165, 1.54) is 11.1 Å². The number of aliphatic hydroxyl groups is 1. The lowest BCUT2D eigenvalue weighted by atomic mass is 10.1. The maximum Gasteiger partial charge on any atom is 0.0587 e. The summed E-state index contributed by atoms with van der Waals surface area (Å²) < 4.78 is 0. The number of thioether (sulfide) groups is 1. The van der Waals surface area contributed by atoms with Gasteiger partial charge in [0.25, 0.3) is 0 Å². The van der Waals surface area contributed by atoms with Gasteiger partial charge in [-0.05, 0) is 41.7 Å². The van der Waals surface area contributed by atoms with Crippen LogP contribution in [-0.2, 0) is 13.1 Å². The maximum absolute atomic E-state index is 9.47. The molecule has 1 atom stereocenters. The molecule has 4 heteroatoms. The summed E-state index contributed by atoms with van der Waals surface area (Å²) in [7, 11) is 0. The monoisotopic (exact) mass is 252 g/mol. The summed E-state index contributed by atoms with van der Waals surface area (Å²) in [5.74, 6) is 1.10. The molecule has 0 radical (unpaired) electrons. The first-order valence-electron chi connectivity index (χ1n) is 5.95. The molecule has 0 spiro atoms. The van der Waals surface area contributed by atoms with Crippen LogP contribution in [0.1, 0.15) is 17.5 Å². The minimum atomic E-state index is 0.240. The molecule has 1 aromatic rings. The third-order valence-corrected chi connectivity index (χ3v) is 4.00. The quantitative estimate of drug-likeness (QED) is 0.783. The number of benzene rings is 1. The molecule has 0 bridgehead atoms. The number of nitrogen functional groups attached to an aromatic ring is 1. The van der Waals surface area contributed by atoms with Gasteiger partial charge >= 0.3 is 0 Å². The average molecular weight is 252 g/mol. The van der Waals surface area contributed by atoms with Crippen LogP contribution in [0, 0.1) is 0 Å². The highest BCUT2D eigenvalue weighted by atomic mass is 32.2. The Hall–Kier alpha value is -0.710. The van der Waals surface area contributed by atoms with E-state index >= 15 is 0 Å². The van der Waals surface area contributed by atoms with Crippen molar-refractivity contribution in [3.63, 3.8) is 0 Å². The Morgan fingerprint density at radius 1 is 1.41 bits per heavy atom. The molecule has 17 heavy (non-hydrogen) atoms. The fourth-order valence-corrected chi connectivity index (χ4v) is 2.85. The Bertz CT molecular complexity index is 384. The maximum atomic E-state index is 9.47. The molecule has 0 saturated heterocycles. The minimum Gasteiger partial charge on any atom is -0.399 e. The van der Waals surface area contributed by atoms with E-state index in [2.05, 4.69) is 23.3 Å². The van der Waals surface area contributed by atoms with E-state index < -0.39 is 0 Å². The zero-order valence-corrected chi connectivity index (χ0v) is 11.0. The molecule has 0 aromatic heterocycles. The number of anilines is 1. The fraction of sp³-hybridized carbons (Fsp3) is 0.538. The van der Waals surface area contributed by atoms with Crippen molar-refractivity contribution in [3.05, 3.63) is 29.3 Å². The van der Waals surface area contributed by atoms with Gasteiger partial charge in [0.05, 0.1) is 6.61 Å². The summed E-state index contributed by atoms with van der Waals surface area (Å²) >= 11 is 1.83. The van der Waals surface area contributed by atoms with Crippen molar-refractivity contribution in [1.29, 1.82) is 0 Å². The van der Waals surface area contributed by atoms with Crippen molar-refractivity contribution in [2.24, 2.45) is 0 Å². The van der Waals surface area contributed by atoms with Crippen molar-refractivity contribution in [1.82, 2.24) is 4.90 Å². The smallest absolute Gasteiger partial charge is 0.0587 e. The third kappa shape index (κ3) is 2.94. The fourth-order valence-electron chi connectivity index (χ4n) is 2.34. The lowest BCUT2D eigenvalue weighted by Gasteiger charge is -2.25. The number of fused-ring (bicyclic) bond motifs is 1. The summed E-state index contributed by atoms with van der Waals surface area (Å²) in [5, 5.41) is 9.47. The predicted molar refractivity (Wildman–Crippen MR) is 74.0 cm³/mol. The van der Waals surface area contributed by atoms with Crippen LogP contribution in [0.2, 0.25) is 0 Å². The Morgan fingerprint density at radius 3 is 2.88 bits per heavy atom. The molecule has 3 nitrogen and oxygen atoms in total. The normalized spacial score (nSPS) is 17.1. The number of hydrogen-bond acceptors (Lipinski definition) is 4. The van der Waals surface area contributed by atoms with Crippen molar-refractivity contribution >= 4 is 17.4 Å². The molecule has 0 amide bonds. The van der Waals surface area contributed by atoms with Gasteiger partial charge in [0, 0.05) is 24.8 Å². The van der Waals surface area contributed by atoms with Crippen LogP contribution in [0.3, 0.4) is 0 Å². The van der Waals surface area contributed by atoms with Gasteiger partial charge in [-0.2, -0.15) is 11.8 Å². The summed E-state index contributed by atoms with van der Waals surface area (Å²) in [6, 6.07) is 6.39. The summed E-state index contributed by atoms with van der Waals surface area (Å²) in [4.78, 5) is 2.35. The third-order valence-electron chi connectivity index (χ3n) is 3.36. The molecule has 1 aliphatic rings. The Balaban J connectivity index is 2.02. The summed E-state index contributed by atoms with van der Waals surface area (Å²) in [5.41, 5.74) is 9.28. The molecule has 0 saturated carbocycles. The molecule has 0 aliphatic carbocycles. The zero-order valence-electron chi connectivity index (χ0n) is 10.2. The second kappa shape index (κ2) is 5.76. The van der Waals surface area contributed by atoms with Gasteiger partial charge in [0.15, 0.2) is 0 Å². The van der Waals surface area contributed by atoms with Gasteiger partial charge < -0.3 is 10.8 Å². The second-order valence-electron chi connectivity index (χ2n) is 4.55. The first kappa shape index (κ1) is 12.7. The largest absolute Gasteiger partial charge is 0.399 e. The van der Waals surface area contributed by atoms with E-state index in [0.717, 1.165) is 31.0 Å². The SMILES string of the molecule is CSCCC(CO)N1Cc2ccc(N)cc2C1. The Kier molecular flexibility index (Phi) is 4.31. The topological polar surface area (TPSA) is 49.5 Å². The van der Waals surface area contributed by atoms with Crippen LogP contribution in [0.25, 0.3) is 0 Å². The molecule has 0 fully saturated rings. The van der Waals surface area contributed by atoms with Crippen LogP contribution in [0.4, 0.5) is 5.69 Å². The highest BCUT2D eigenvalue weighted by Crippen LogP contribution is 2.27. The van der Waals surface area contributed by atoms with E-state index in [9.17, 15) is 5.11 Å². The first-order valence-corrected chi connectivity index (χ1v) is 7.35. The lowest BCUT2D eigenvalue weighted by Crippen LogP contribution is -2.34. The van der Waals surface area contributed by atoms with Gasteiger partial charge in [0.1, 0.15) is 0 Å². The summed E-state index contributed by atoms with van der Waals surface area (Å²) in [6.45, 7) is 2.10. The Morgan fingerprint density at radius 2 is 2.18 bits per heavy atom. The van der Waals surface area contributed by atoms with Crippen LogP contribution in [0.5, 0.6) is 0 Å². The number of nitrogens with zero attached hydrogens (tertiary/aromatic N) is 1. The van der Waals surface area contributed by atoms with Gasteiger partial charge in [-0.3, -0.25) is 4.90 Å². The van der Waals surface area contributed by atoms with E-state index in [1.807, 2.05) is 17.8 Å². The van der Waals surface area contributed by atoms with E-state index in [0.29, 0.717) is 0 Å². The minimum absolute atomic E-state index is 0.240. The van der Waals surface area contributed by atoms with Crippen molar-refractivity contribution in [2.45, 2.75) is 25.6 Å². The van der Waals surface area contributed by atoms with Crippen LogP contribution in [-0.4, -0.2) is 34.7 Å². The molecule has 94 valence electrons. The van der Waals surface area contributed by atoms with E-state index in [4.69, 9.17) is 5.73 Å². The van der Waals surface area contributed by atoms with Crippen LogP contribution < -0.4 is 5.73 Å². The number of rotatable bonds is 5. The molecular weight excluding hydrogens is 232 g/mol. The number of hydrogen-bond donors (Lipinski definition) is 2. The average Bonchev–Trinajstić information content (AvgIpc) is 2.72. The van der Waals surface area contributed by atoms with Crippen molar-refractivity contribution in [2.75, 3.05) is 24.3 Å². The lowest BCUT2D eigenvalue weighted by molar-refractivity contribution is 0.119. The second-order valence-corrected chi connectivity index (χ2v) is 5.54.